The van der Waals surface area contributed by atoms with E-state index < -0.39 is 0 Å². The number of furan rings is 1. The van der Waals surface area contributed by atoms with Crippen molar-refractivity contribution in [3.05, 3.63) is 71.3 Å². The van der Waals surface area contributed by atoms with Gasteiger partial charge in [-0.2, -0.15) is 0 Å². The van der Waals surface area contributed by atoms with Gasteiger partial charge in [0.05, 0.1) is 31.9 Å². The van der Waals surface area contributed by atoms with Gasteiger partial charge in [-0.1, -0.05) is 23.4 Å². The van der Waals surface area contributed by atoms with Crippen LogP contribution in [0.5, 0.6) is 11.5 Å². The van der Waals surface area contributed by atoms with Crippen LogP contribution in [0.1, 0.15) is 0 Å². The van der Waals surface area contributed by atoms with Gasteiger partial charge >= 0.3 is 0 Å². The number of hydrogen-bond donors (Lipinski definition) is 1. The van der Waals surface area contributed by atoms with Gasteiger partial charge in [-0.3, -0.25) is 9.36 Å². The summed E-state index contributed by atoms with van der Waals surface area (Å²) in [7, 11) is 3.17. The van der Waals surface area contributed by atoms with Gasteiger partial charge in [0.25, 0.3) is 0 Å². The van der Waals surface area contributed by atoms with Gasteiger partial charge in [-0.15, -0.1) is 21.5 Å². The fraction of sp³-hybridized carbons (Fsp3) is 0.120. The largest absolute Gasteiger partial charge is 0.493 e. The summed E-state index contributed by atoms with van der Waals surface area (Å²) < 4.78 is 18.0. The molecule has 12 heteroatoms. The molecule has 188 valence electrons. The highest BCUT2D eigenvalue weighted by Gasteiger charge is 2.19. The molecule has 3 heterocycles. The number of nitrogens with one attached hydrogen (secondary N) is 1. The van der Waals surface area contributed by atoms with Crippen LogP contribution in [0, 0.1) is 0 Å². The first-order chi connectivity index (χ1) is 18.1. The number of anilines is 1. The minimum absolute atomic E-state index is 0.106. The number of thiazole rings is 1. The van der Waals surface area contributed by atoms with Gasteiger partial charge in [0, 0.05) is 21.7 Å². The SMILES string of the molecule is COc1ccc(-c2csc(NC(=O)CSc3nnc(-c4ccco4)n3-c3ccc(Cl)cc3)n2)cc1OC. The standard InChI is InChI=1S/C25H20ClN5O4S2/c1-33-19-10-5-15(12-21(19)34-2)18-13-36-24(27-18)28-22(32)14-37-25-30-29-23(20-4-3-11-35-20)31(25)17-8-6-16(26)7-9-17/h3-13H,14H2,1-2H3,(H,27,28,32). The summed E-state index contributed by atoms with van der Waals surface area (Å²) in [5.74, 6) is 2.21. The lowest BCUT2D eigenvalue weighted by atomic mass is 10.1. The first kappa shape index (κ1) is 24.9. The maximum atomic E-state index is 12.7. The number of nitrogens with zero attached hydrogens (tertiary/aromatic N) is 4. The molecular weight excluding hydrogens is 534 g/mol. The van der Waals surface area contributed by atoms with E-state index in [1.807, 2.05) is 40.3 Å². The quantitative estimate of drug-likeness (QED) is 0.220. The van der Waals surface area contributed by atoms with Crippen LogP contribution in [0.15, 0.2) is 75.8 Å². The van der Waals surface area contributed by atoms with Crippen LogP contribution in [0.25, 0.3) is 28.5 Å². The zero-order chi connectivity index (χ0) is 25.8. The van der Waals surface area contributed by atoms with Crippen molar-refractivity contribution in [2.45, 2.75) is 5.16 Å². The molecule has 2 aromatic carbocycles. The normalized spacial score (nSPS) is 10.9. The van der Waals surface area contributed by atoms with Crippen molar-refractivity contribution in [3.8, 4) is 40.0 Å². The van der Waals surface area contributed by atoms with Crippen molar-refractivity contribution in [1.82, 2.24) is 19.7 Å². The predicted molar refractivity (Wildman–Crippen MR) is 144 cm³/mol. The van der Waals surface area contributed by atoms with Crippen LogP contribution in [-0.4, -0.2) is 45.6 Å². The summed E-state index contributed by atoms with van der Waals surface area (Å²) in [4.78, 5) is 17.3. The van der Waals surface area contributed by atoms with E-state index in [0.717, 1.165) is 16.9 Å². The summed E-state index contributed by atoms with van der Waals surface area (Å²) in [6.45, 7) is 0. The number of carbonyl (C=O) groups excluding carboxylic acids is 1. The molecule has 0 radical (unpaired) electrons. The van der Waals surface area contributed by atoms with Crippen LogP contribution in [0.3, 0.4) is 0 Å². The Kier molecular flexibility index (Phi) is 7.45. The molecular formula is C25H20ClN5O4S2. The summed E-state index contributed by atoms with van der Waals surface area (Å²) in [5, 5.41) is 14.9. The maximum Gasteiger partial charge on any atom is 0.236 e. The topological polar surface area (TPSA) is 104 Å². The monoisotopic (exact) mass is 553 g/mol. The average molecular weight is 554 g/mol. The van der Waals surface area contributed by atoms with E-state index in [1.54, 1.807) is 44.7 Å². The van der Waals surface area contributed by atoms with Crippen LogP contribution in [0.4, 0.5) is 5.13 Å². The minimum atomic E-state index is -0.219. The molecule has 5 aromatic rings. The zero-order valence-corrected chi connectivity index (χ0v) is 22.1. The smallest absolute Gasteiger partial charge is 0.236 e. The highest BCUT2D eigenvalue weighted by atomic mass is 35.5. The number of aromatic nitrogens is 4. The Morgan fingerprint density at radius 3 is 2.65 bits per heavy atom. The second-order valence-corrected chi connectivity index (χ2v) is 9.78. The van der Waals surface area contributed by atoms with E-state index in [-0.39, 0.29) is 11.7 Å². The molecule has 0 fully saturated rings. The first-order valence-electron chi connectivity index (χ1n) is 10.9. The van der Waals surface area contributed by atoms with E-state index in [0.29, 0.717) is 38.4 Å². The van der Waals surface area contributed by atoms with Gasteiger partial charge in [-0.05, 0) is 54.6 Å². The summed E-state index contributed by atoms with van der Waals surface area (Å²) in [5.41, 5.74) is 2.37. The van der Waals surface area contributed by atoms with Gasteiger partial charge < -0.3 is 19.2 Å². The van der Waals surface area contributed by atoms with Crippen LogP contribution in [0.2, 0.25) is 5.02 Å². The lowest BCUT2D eigenvalue weighted by molar-refractivity contribution is -0.113. The number of amides is 1. The number of thioether (sulfide) groups is 1. The molecule has 1 amide bonds. The minimum Gasteiger partial charge on any atom is -0.493 e. The zero-order valence-electron chi connectivity index (χ0n) is 19.7. The van der Waals surface area contributed by atoms with Crippen molar-refractivity contribution in [1.29, 1.82) is 0 Å². The van der Waals surface area contributed by atoms with Gasteiger partial charge in [0.1, 0.15) is 0 Å². The van der Waals surface area contributed by atoms with E-state index in [2.05, 4.69) is 20.5 Å². The van der Waals surface area contributed by atoms with Gasteiger partial charge in [0.2, 0.25) is 11.7 Å². The van der Waals surface area contributed by atoms with Crippen LogP contribution < -0.4 is 14.8 Å². The summed E-state index contributed by atoms with van der Waals surface area (Å²) >= 11 is 8.66. The number of rotatable bonds is 9. The molecule has 3 aromatic heterocycles. The van der Waals surface area contributed by atoms with Crippen molar-refractivity contribution < 1.29 is 18.7 Å². The number of halogens is 1. The molecule has 5 rings (SSSR count). The Morgan fingerprint density at radius 1 is 1.11 bits per heavy atom. The van der Waals surface area contributed by atoms with Crippen molar-refractivity contribution in [3.63, 3.8) is 0 Å². The van der Waals surface area contributed by atoms with Crippen LogP contribution >= 0.6 is 34.7 Å². The molecule has 0 atom stereocenters. The average Bonchev–Trinajstić information content (AvgIpc) is 3.68. The Morgan fingerprint density at radius 2 is 1.92 bits per heavy atom. The fourth-order valence-electron chi connectivity index (χ4n) is 3.50. The van der Waals surface area contributed by atoms with Crippen molar-refractivity contribution in [2.24, 2.45) is 0 Å². The highest BCUT2D eigenvalue weighted by molar-refractivity contribution is 7.99. The third-order valence-electron chi connectivity index (χ3n) is 5.22. The summed E-state index contributed by atoms with van der Waals surface area (Å²) in [6, 6.07) is 16.4. The lowest BCUT2D eigenvalue weighted by Gasteiger charge is -2.09. The Bertz CT molecular complexity index is 1520. The lowest BCUT2D eigenvalue weighted by Crippen LogP contribution is -2.14. The highest BCUT2D eigenvalue weighted by Crippen LogP contribution is 2.34. The molecule has 1 N–H and O–H groups in total. The number of benzene rings is 2. The number of methoxy groups -OCH3 is 2. The number of carbonyl (C=O) groups is 1. The molecule has 9 nitrogen and oxygen atoms in total. The van der Waals surface area contributed by atoms with E-state index in [4.69, 9.17) is 25.5 Å². The Balaban J connectivity index is 1.30. The number of hydrogen-bond acceptors (Lipinski definition) is 9. The predicted octanol–water partition coefficient (Wildman–Crippen LogP) is 6.05. The molecule has 0 unspecified atom stereocenters. The maximum absolute atomic E-state index is 12.7. The summed E-state index contributed by atoms with van der Waals surface area (Å²) in [6.07, 6.45) is 1.57. The van der Waals surface area contributed by atoms with E-state index in [1.165, 1.54) is 23.1 Å². The third-order valence-corrected chi connectivity index (χ3v) is 7.16. The van der Waals surface area contributed by atoms with E-state index >= 15 is 0 Å². The fourth-order valence-corrected chi connectivity index (χ4v) is 5.11. The van der Waals surface area contributed by atoms with Crippen molar-refractivity contribution in [2.75, 3.05) is 25.3 Å². The third kappa shape index (κ3) is 5.48. The van der Waals surface area contributed by atoms with Crippen LogP contribution in [-0.2, 0) is 4.79 Å². The molecule has 0 saturated carbocycles. The van der Waals surface area contributed by atoms with Gasteiger partial charge in [-0.25, -0.2) is 4.98 Å². The van der Waals surface area contributed by atoms with E-state index in [9.17, 15) is 4.79 Å². The Labute approximate surface area is 225 Å². The first-order valence-corrected chi connectivity index (χ1v) is 13.2. The molecule has 37 heavy (non-hydrogen) atoms. The number of ether oxygens (including phenoxy) is 2. The molecule has 0 saturated heterocycles. The second-order valence-electron chi connectivity index (χ2n) is 7.54. The molecule has 0 aliphatic heterocycles. The molecule has 0 aliphatic rings. The van der Waals surface area contributed by atoms with Crippen molar-refractivity contribution >= 4 is 45.7 Å². The Hall–Kier alpha value is -3.80. The molecule has 0 aliphatic carbocycles. The second kappa shape index (κ2) is 11.1. The molecule has 0 bridgehead atoms. The van der Waals surface area contributed by atoms with Gasteiger partial charge in [0.15, 0.2) is 27.5 Å². The molecule has 0 spiro atoms.